The molecule has 116 valence electrons. The minimum Gasteiger partial charge on any atom is -0.481 e. The number of carbonyl (C=O) groups excluding carboxylic acids is 1. The van der Waals surface area contributed by atoms with Crippen LogP contribution in [0.25, 0.3) is 0 Å². The van der Waals surface area contributed by atoms with Crippen LogP contribution in [0.15, 0.2) is 48.5 Å². The van der Waals surface area contributed by atoms with Crippen molar-refractivity contribution in [2.75, 3.05) is 5.32 Å². The van der Waals surface area contributed by atoms with E-state index < -0.39 is 6.10 Å². The third-order valence-corrected chi connectivity index (χ3v) is 3.67. The summed E-state index contributed by atoms with van der Waals surface area (Å²) in [5.41, 5.74) is 3.12. The fourth-order valence-electron chi connectivity index (χ4n) is 2.39. The highest BCUT2D eigenvalue weighted by atomic mass is 16.5. The zero-order valence-corrected chi connectivity index (χ0v) is 13.4. The maximum atomic E-state index is 12.5. The molecular weight excluding hydrogens is 274 g/mol. The molecule has 3 nitrogen and oxygen atoms in total. The molecule has 2 aromatic carbocycles. The second-order valence-corrected chi connectivity index (χ2v) is 5.28. The van der Waals surface area contributed by atoms with Crippen LogP contribution in [0.1, 0.15) is 31.4 Å². The molecule has 0 radical (unpaired) electrons. The van der Waals surface area contributed by atoms with Crippen LogP contribution in [0.5, 0.6) is 5.75 Å². The molecule has 1 N–H and O–H groups in total. The van der Waals surface area contributed by atoms with E-state index >= 15 is 0 Å². The zero-order chi connectivity index (χ0) is 15.9. The van der Waals surface area contributed by atoms with Crippen molar-refractivity contribution in [1.29, 1.82) is 0 Å². The van der Waals surface area contributed by atoms with Crippen molar-refractivity contribution >= 4 is 11.6 Å². The van der Waals surface area contributed by atoms with E-state index in [1.165, 1.54) is 0 Å². The number of anilines is 1. The van der Waals surface area contributed by atoms with Gasteiger partial charge in [-0.2, -0.15) is 0 Å². The number of hydrogen-bond donors (Lipinski definition) is 1. The predicted octanol–water partition coefficient (Wildman–Crippen LogP) is 4.35. The molecule has 0 aliphatic carbocycles. The van der Waals surface area contributed by atoms with Crippen molar-refractivity contribution in [3.63, 3.8) is 0 Å². The largest absolute Gasteiger partial charge is 0.481 e. The summed E-state index contributed by atoms with van der Waals surface area (Å²) >= 11 is 0. The molecule has 1 unspecified atom stereocenters. The quantitative estimate of drug-likeness (QED) is 0.860. The first-order chi connectivity index (χ1) is 10.7. The number of para-hydroxylation sites is 2. The van der Waals surface area contributed by atoms with Gasteiger partial charge in [0.15, 0.2) is 6.10 Å². The van der Waals surface area contributed by atoms with E-state index in [0.29, 0.717) is 12.2 Å². The Morgan fingerprint density at radius 3 is 2.45 bits per heavy atom. The molecule has 1 atom stereocenters. The topological polar surface area (TPSA) is 38.3 Å². The smallest absolute Gasteiger partial charge is 0.265 e. The molecule has 0 saturated carbocycles. The summed E-state index contributed by atoms with van der Waals surface area (Å²) in [6.07, 6.45) is 1.01. The average Bonchev–Trinajstić information content (AvgIpc) is 2.55. The van der Waals surface area contributed by atoms with Crippen LogP contribution in [-0.2, 0) is 11.2 Å². The van der Waals surface area contributed by atoms with E-state index in [-0.39, 0.29) is 5.91 Å². The molecule has 0 aliphatic heterocycles. The molecule has 0 aromatic heterocycles. The van der Waals surface area contributed by atoms with Crippen LogP contribution >= 0.6 is 0 Å². The molecule has 0 bridgehead atoms. The van der Waals surface area contributed by atoms with Gasteiger partial charge in [0, 0.05) is 5.69 Å². The Hall–Kier alpha value is -2.29. The first-order valence-corrected chi connectivity index (χ1v) is 7.76. The number of nitrogens with one attached hydrogen (secondary N) is 1. The van der Waals surface area contributed by atoms with Crippen LogP contribution in [0, 0.1) is 6.92 Å². The number of ether oxygens (including phenoxy) is 1. The third-order valence-electron chi connectivity index (χ3n) is 3.67. The van der Waals surface area contributed by atoms with E-state index in [9.17, 15) is 4.79 Å². The molecule has 22 heavy (non-hydrogen) atoms. The van der Waals surface area contributed by atoms with E-state index in [1.807, 2.05) is 62.4 Å². The van der Waals surface area contributed by atoms with Crippen molar-refractivity contribution < 1.29 is 9.53 Å². The number of benzene rings is 2. The van der Waals surface area contributed by atoms with Crippen molar-refractivity contribution in [3.05, 3.63) is 59.7 Å². The summed E-state index contributed by atoms with van der Waals surface area (Å²) in [5, 5.41) is 3.04. The molecule has 2 rings (SSSR count). The Bertz CT molecular complexity index is 623. The first kappa shape index (κ1) is 16.1. The lowest BCUT2D eigenvalue weighted by Crippen LogP contribution is -2.33. The van der Waals surface area contributed by atoms with Crippen LogP contribution in [0.4, 0.5) is 5.69 Å². The third kappa shape index (κ3) is 3.88. The maximum Gasteiger partial charge on any atom is 0.265 e. The highest BCUT2D eigenvalue weighted by Crippen LogP contribution is 2.22. The minimum absolute atomic E-state index is 0.102. The van der Waals surface area contributed by atoms with Gasteiger partial charge in [-0.15, -0.1) is 0 Å². The van der Waals surface area contributed by atoms with Crippen molar-refractivity contribution in [3.8, 4) is 5.75 Å². The Labute approximate surface area is 132 Å². The zero-order valence-electron chi connectivity index (χ0n) is 13.4. The van der Waals surface area contributed by atoms with E-state index in [1.54, 1.807) is 0 Å². The van der Waals surface area contributed by atoms with E-state index in [4.69, 9.17) is 4.74 Å². The standard InChI is InChI=1S/C19H23NO2/c1-4-15-11-9-10-14(3)18(15)20-19(21)17(5-2)22-16-12-7-6-8-13-16/h6-13,17H,4-5H2,1-3H3,(H,20,21). The molecule has 0 heterocycles. The predicted molar refractivity (Wildman–Crippen MR) is 90.3 cm³/mol. The fraction of sp³-hybridized carbons (Fsp3) is 0.316. The second-order valence-electron chi connectivity index (χ2n) is 5.28. The van der Waals surface area contributed by atoms with Gasteiger partial charge in [0.2, 0.25) is 0 Å². The molecule has 0 saturated heterocycles. The molecular formula is C19H23NO2. The number of aryl methyl sites for hydroxylation is 2. The minimum atomic E-state index is -0.494. The maximum absolute atomic E-state index is 12.5. The number of hydrogen-bond acceptors (Lipinski definition) is 2. The van der Waals surface area contributed by atoms with Gasteiger partial charge in [0.1, 0.15) is 5.75 Å². The molecule has 0 fully saturated rings. The molecule has 0 aliphatic rings. The summed E-state index contributed by atoms with van der Waals surface area (Å²) in [4.78, 5) is 12.5. The van der Waals surface area contributed by atoms with Crippen LogP contribution in [0.3, 0.4) is 0 Å². The Balaban J connectivity index is 2.13. The average molecular weight is 297 g/mol. The number of carbonyl (C=O) groups is 1. The van der Waals surface area contributed by atoms with E-state index in [2.05, 4.69) is 12.2 Å². The lowest BCUT2D eigenvalue weighted by atomic mass is 10.1. The van der Waals surface area contributed by atoms with Crippen molar-refractivity contribution in [1.82, 2.24) is 0 Å². The van der Waals surface area contributed by atoms with Gasteiger partial charge in [0.05, 0.1) is 0 Å². The van der Waals surface area contributed by atoms with Crippen LogP contribution in [-0.4, -0.2) is 12.0 Å². The lowest BCUT2D eigenvalue weighted by Gasteiger charge is -2.19. The van der Waals surface area contributed by atoms with Gasteiger partial charge < -0.3 is 10.1 Å². The molecule has 0 spiro atoms. The lowest BCUT2D eigenvalue weighted by molar-refractivity contribution is -0.122. The summed E-state index contributed by atoms with van der Waals surface area (Å²) in [6, 6.07) is 15.5. The van der Waals surface area contributed by atoms with Crippen molar-refractivity contribution in [2.45, 2.75) is 39.7 Å². The first-order valence-electron chi connectivity index (χ1n) is 7.76. The van der Waals surface area contributed by atoms with E-state index in [0.717, 1.165) is 23.2 Å². The highest BCUT2D eigenvalue weighted by molar-refractivity contribution is 5.95. The van der Waals surface area contributed by atoms with Gasteiger partial charge in [0.25, 0.3) is 5.91 Å². The molecule has 1 amide bonds. The SMILES string of the molecule is CCc1cccc(C)c1NC(=O)C(CC)Oc1ccccc1. The molecule has 2 aromatic rings. The number of amides is 1. The van der Waals surface area contributed by atoms with Gasteiger partial charge in [-0.05, 0) is 43.0 Å². The summed E-state index contributed by atoms with van der Waals surface area (Å²) in [5.74, 6) is 0.611. The normalized spacial score (nSPS) is 11.8. The second kappa shape index (κ2) is 7.64. The Morgan fingerprint density at radius 1 is 1.09 bits per heavy atom. The monoisotopic (exact) mass is 297 g/mol. The Morgan fingerprint density at radius 2 is 1.82 bits per heavy atom. The van der Waals surface area contributed by atoms with Crippen LogP contribution < -0.4 is 10.1 Å². The van der Waals surface area contributed by atoms with Gasteiger partial charge in [-0.25, -0.2) is 0 Å². The van der Waals surface area contributed by atoms with Gasteiger partial charge in [-0.1, -0.05) is 50.2 Å². The fourth-order valence-corrected chi connectivity index (χ4v) is 2.39. The Kier molecular flexibility index (Phi) is 5.59. The highest BCUT2D eigenvalue weighted by Gasteiger charge is 2.20. The van der Waals surface area contributed by atoms with Crippen LogP contribution in [0.2, 0.25) is 0 Å². The molecule has 3 heteroatoms. The van der Waals surface area contributed by atoms with Gasteiger partial charge >= 0.3 is 0 Å². The van der Waals surface area contributed by atoms with Crippen molar-refractivity contribution in [2.24, 2.45) is 0 Å². The number of rotatable bonds is 6. The summed E-state index contributed by atoms with van der Waals surface area (Å²) in [6.45, 7) is 6.04. The summed E-state index contributed by atoms with van der Waals surface area (Å²) < 4.78 is 5.80. The van der Waals surface area contributed by atoms with Gasteiger partial charge in [-0.3, -0.25) is 4.79 Å². The summed E-state index contributed by atoms with van der Waals surface area (Å²) in [7, 11) is 0.